The van der Waals surface area contributed by atoms with Crippen molar-refractivity contribution in [3.8, 4) is 5.75 Å². The van der Waals surface area contributed by atoms with Crippen molar-refractivity contribution < 1.29 is 14.3 Å². The lowest BCUT2D eigenvalue weighted by atomic mass is 10.1. The van der Waals surface area contributed by atoms with Crippen molar-refractivity contribution >= 4 is 23.3 Å². The smallest absolute Gasteiger partial charge is 0.274 e. The molecule has 6 nitrogen and oxygen atoms in total. The Labute approximate surface area is 181 Å². The van der Waals surface area contributed by atoms with Crippen LogP contribution in [0.2, 0.25) is 0 Å². The summed E-state index contributed by atoms with van der Waals surface area (Å²) in [4.78, 5) is 31.6. The van der Waals surface area contributed by atoms with Crippen LogP contribution in [0.5, 0.6) is 5.75 Å². The quantitative estimate of drug-likeness (QED) is 0.639. The zero-order valence-corrected chi connectivity index (χ0v) is 17.7. The van der Waals surface area contributed by atoms with Crippen LogP contribution >= 0.6 is 0 Å². The Hall–Kier alpha value is -3.67. The molecule has 1 atom stereocenters. The molecule has 3 aromatic rings. The highest BCUT2D eigenvalue weighted by molar-refractivity contribution is 5.99. The number of ether oxygens (including phenoxy) is 1. The number of benzene rings is 2. The Kier molecular flexibility index (Phi) is 5.98. The van der Waals surface area contributed by atoms with Crippen LogP contribution in [0.1, 0.15) is 35.6 Å². The molecule has 0 bridgehead atoms. The van der Waals surface area contributed by atoms with Gasteiger partial charge in [-0.3, -0.25) is 14.5 Å². The molecule has 0 saturated carbocycles. The summed E-state index contributed by atoms with van der Waals surface area (Å²) in [6.07, 6.45) is 1.73. The summed E-state index contributed by atoms with van der Waals surface area (Å²) >= 11 is 0. The first kappa shape index (κ1) is 20.6. The van der Waals surface area contributed by atoms with Crippen molar-refractivity contribution in [3.63, 3.8) is 0 Å². The fourth-order valence-corrected chi connectivity index (χ4v) is 3.72. The van der Waals surface area contributed by atoms with E-state index in [1.54, 1.807) is 17.2 Å². The molecule has 1 aliphatic heterocycles. The molecular weight excluding hydrogens is 390 g/mol. The number of aromatic nitrogens is 1. The first-order valence-electron chi connectivity index (χ1n) is 10.4. The fraction of sp³-hybridized carbons (Fsp3) is 0.240. The van der Waals surface area contributed by atoms with Gasteiger partial charge in [-0.15, -0.1) is 0 Å². The number of nitrogens with one attached hydrogen (secondary N) is 1. The van der Waals surface area contributed by atoms with Gasteiger partial charge in [-0.1, -0.05) is 48.0 Å². The minimum atomic E-state index is -0.720. The van der Waals surface area contributed by atoms with Gasteiger partial charge in [-0.05, 0) is 44.0 Å². The van der Waals surface area contributed by atoms with Gasteiger partial charge in [0.1, 0.15) is 0 Å². The summed E-state index contributed by atoms with van der Waals surface area (Å²) in [6.45, 7) is 4.38. The highest BCUT2D eigenvalue weighted by atomic mass is 16.5. The predicted octanol–water partition coefficient (Wildman–Crippen LogP) is 4.58. The second-order valence-corrected chi connectivity index (χ2v) is 7.69. The van der Waals surface area contributed by atoms with Gasteiger partial charge in [0.15, 0.2) is 11.6 Å². The molecule has 0 saturated heterocycles. The number of nitrogens with zero attached hydrogens (tertiary/aromatic N) is 2. The zero-order chi connectivity index (χ0) is 21.8. The molecule has 0 unspecified atom stereocenters. The number of fused-ring (bicyclic) bond motifs is 1. The Morgan fingerprint density at radius 3 is 2.68 bits per heavy atom. The molecule has 2 aromatic carbocycles. The second kappa shape index (κ2) is 9.00. The zero-order valence-electron chi connectivity index (χ0n) is 17.7. The third-order valence-electron chi connectivity index (χ3n) is 5.29. The van der Waals surface area contributed by atoms with Gasteiger partial charge in [0.2, 0.25) is 12.0 Å². The molecule has 31 heavy (non-hydrogen) atoms. The highest BCUT2D eigenvalue weighted by Gasteiger charge is 2.36. The monoisotopic (exact) mass is 415 g/mol. The third-order valence-corrected chi connectivity index (χ3v) is 5.29. The van der Waals surface area contributed by atoms with Crippen molar-refractivity contribution in [1.82, 2.24) is 4.98 Å². The van der Waals surface area contributed by atoms with E-state index in [9.17, 15) is 9.59 Å². The van der Waals surface area contributed by atoms with Gasteiger partial charge in [-0.25, -0.2) is 4.98 Å². The number of hydrogen-bond donors (Lipinski definition) is 1. The van der Waals surface area contributed by atoms with Gasteiger partial charge in [0.05, 0.1) is 0 Å². The topological polar surface area (TPSA) is 71.5 Å². The van der Waals surface area contributed by atoms with Crippen molar-refractivity contribution in [3.05, 3.63) is 83.6 Å². The molecular formula is C25H25N3O3. The molecule has 2 heterocycles. The number of hydrogen-bond acceptors (Lipinski definition) is 4. The van der Waals surface area contributed by atoms with E-state index in [0.29, 0.717) is 31.0 Å². The van der Waals surface area contributed by atoms with E-state index in [4.69, 9.17) is 4.74 Å². The Balaban J connectivity index is 1.44. The molecule has 0 spiro atoms. The van der Waals surface area contributed by atoms with E-state index in [1.165, 1.54) is 0 Å². The number of pyridine rings is 1. The number of carbonyl (C=O) groups is 2. The van der Waals surface area contributed by atoms with Gasteiger partial charge < -0.3 is 10.1 Å². The Morgan fingerprint density at radius 1 is 1.10 bits per heavy atom. The van der Waals surface area contributed by atoms with E-state index in [0.717, 1.165) is 22.4 Å². The SMILES string of the molecule is Cc1ccc(NC(=O)CCCN2C(=O)[C@@H](c3ccccc3)Oc3cccnc32)c(C)c1. The minimum absolute atomic E-state index is 0.0754. The highest BCUT2D eigenvalue weighted by Crippen LogP contribution is 2.37. The van der Waals surface area contributed by atoms with E-state index in [1.807, 2.05) is 68.4 Å². The number of rotatable bonds is 6. The minimum Gasteiger partial charge on any atom is -0.472 e. The molecule has 0 fully saturated rings. The first-order valence-corrected chi connectivity index (χ1v) is 10.4. The molecule has 0 radical (unpaired) electrons. The van der Waals surface area contributed by atoms with Gasteiger partial charge in [0, 0.05) is 30.4 Å². The van der Waals surface area contributed by atoms with Crippen LogP contribution in [0.4, 0.5) is 11.5 Å². The van der Waals surface area contributed by atoms with Crippen LogP contribution in [0, 0.1) is 13.8 Å². The number of anilines is 2. The van der Waals surface area contributed by atoms with E-state index in [2.05, 4.69) is 10.3 Å². The van der Waals surface area contributed by atoms with E-state index < -0.39 is 6.10 Å². The van der Waals surface area contributed by atoms with E-state index >= 15 is 0 Å². The standard InChI is InChI=1S/C25H25N3O3/c1-17-12-13-20(18(2)16-17)27-22(29)11-7-15-28-24-21(10-6-14-26-24)31-23(25(28)30)19-8-4-3-5-9-19/h3-6,8-10,12-14,16,23H,7,11,15H2,1-2H3,(H,27,29)/t23-/m1/s1. The van der Waals surface area contributed by atoms with Crippen molar-refractivity contribution in [2.45, 2.75) is 32.8 Å². The molecule has 4 rings (SSSR count). The largest absolute Gasteiger partial charge is 0.472 e. The summed E-state index contributed by atoms with van der Waals surface area (Å²) in [5.74, 6) is 0.811. The summed E-state index contributed by atoms with van der Waals surface area (Å²) in [5, 5.41) is 2.96. The van der Waals surface area contributed by atoms with Gasteiger partial charge >= 0.3 is 0 Å². The number of aryl methyl sites for hydroxylation is 2. The summed E-state index contributed by atoms with van der Waals surface area (Å²) in [5.41, 5.74) is 3.79. The molecule has 0 aliphatic carbocycles. The molecule has 158 valence electrons. The van der Waals surface area contributed by atoms with Gasteiger partial charge in [0.25, 0.3) is 5.91 Å². The lowest BCUT2D eigenvalue weighted by Gasteiger charge is -2.33. The van der Waals surface area contributed by atoms with Crippen LogP contribution in [-0.2, 0) is 9.59 Å². The van der Waals surface area contributed by atoms with E-state index in [-0.39, 0.29) is 11.8 Å². The van der Waals surface area contributed by atoms with Crippen LogP contribution in [0.3, 0.4) is 0 Å². The first-order chi connectivity index (χ1) is 15.0. The fourth-order valence-electron chi connectivity index (χ4n) is 3.72. The molecule has 6 heteroatoms. The Bertz CT molecular complexity index is 1100. The average Bonchev–Trinajstić information content (AvgIpc) is 2.77. The van der Waals surface area contributed by atoms with Gasteiger partial charge in [-0.2, -0.15) is 0 Å². The number of amides is 2. The summed E-state index contributed by atoms with van der Waals surface area (Å²) < 4.78 is 5.96. The lowest BCUT2D eigenvalue weighted by molar-refractivity contribution is -0.127. The summed E-state index contributed by atoms with van der Waals surface area (Å²) in [7, 11) is 0. The molecule has 1 N–H and O–H groups in total. The third kappa shape index (κ3) is 4.58. The molecule has 1 aliphatic rings. The average molecular weight is 415 g/mol. The van der Waals surface area contributed by atoms with Crippen molar-refractivity contribution in [2.75, 3.05) is 16.8 Å². The summed E-state index contributed by atoms with van der Waals surface area (Å²) in [6, 6.07) is 18.9. The van der Waals surface area contributed by atoms with Crippen LogP contribution in [-0.4, -0.2) is 23.3 Å². The maximum Gasteiger partial charge on any atom is 0.274 e. The predicted molar refractivity (Wildman–Crippen MR) is 120 cm³/mol. The maximum absolute atomic E-state index is 13.2. The Morgan fingerprint density at radius 2 is 1.90 bits per heavy atom. The second-order valence-electron chi connectivity index (χ2n) is 7.69. The van der Waals surface area contributed by atoms with Crippen LogP contribution < -0.4 is 15.0 Å². The molecule has 2 amide bonds. The van der Waals surface area contributed by atoms with Crippen molar-refractivity contribution in [2.24, 2.45) is 0 Å². The van der Waals surface area contributed by atoms with Crippen molar-refractivity contribution in [1.29, 1.82) is 0 Å². The lowest BCUT2D eigenvalue weighted by Crippen LogP contribution is -2.42. The molecule has 1 aromatic heterocycles. The normalized spacial score (nSPS) is 15.2. The van der Waals surface area contributed by atoms with Crippen LogP contribution in [0.25, 0.3) is 0 Å². The maximum atomic E-state index is 13.2. The number of carbonyl (C=O) groups excluding carboxylic acids is 2. The van der Waals surface area contributed by atoms with Crippen LogP contribution in [0.15, 0.2) is 66.9 Å².